The molecule has 7 heteroatoms. The smallest absolute Gasteiger partial charge is 0.228 e. The van der Waals surface area contributed by atoms with Crippen LogP contribution in [0.4, 0.5) is 0 Å². The van der Waals surface area contributed by atoms with E-state index in [1.165, 1.54) is 11.3 Å². The number of hydrogen-bond acceptors (Lipinski definition) is 5. The summed E-state index contributed by atoms with van der Waals surface area (Å²) in [6.07, 6.45) is 2.10. The zero-order valence-corrected chi connectivity index (χ0v) is 14.9. The normalized spacial score (nSPS) is 15.5. The highest BCUT2D eigenvalue weighted by Gasteiger charge is 2.21. The number of carbonyl (C=O) groups is 1. The second-order valence-corrected chi connectivity index (χ2v) is 7.25. The standard InChI is InChI=1S/C17H20ClN3O2S/c18-12-1-3-15(4-2-12)23-10-16-20-14(11-24-16)9-17(22)21-7-5-13(19)6-8-21/h1-4,11,13H,5-10,19H2. The van der Waals surface area contributed by atoms with Crippen LogP contribution in [0.1, 0.15) is 23.5 Å². The van der Waals surface area contributed by atoms with Crippen molar-refractivity contribution in [3.63, 3.8) is 0 Å². The van der Waals surface area contributed by atoms with Gasteiger partial charge in [-0.3, -0.25) is 4.79 Å². The summed E-state index contributed by atoms with van der Waals surface area (Å²) >= 11 is 7.35. The van der Waals surface area contributed by atoms with E-state index < -0.39 is 0 Å². The maximum Gasteiger partial charge on any atom is 0.228 e. The first-order valence-corrected chi connectivity index (χ1v) is 9.21. The van der Waals surface area contributed by atoms with Gasteiger partial charge in [0.05, 0.1) is 12.1 Å². The minimum atomic E-state index is 0.123. The number of halogens is 1. The second kappa shape index (κ2) is 7.96. The Kier molecular flexibility index (Phi) is 5.71. The van der Waals surface area contributed by atoms with Crippen LogP contribution in [0.2, 0.25) is 5.02 Å². The van der Waals surface area contributed by atoms with E-state index in [2.05, 4.69) is 4.98 Å². The Labute approximate surface area is 150 Å². The summed E-state index contributed by atoms with van der Waals surface area (Å²) in [6, 6.07) is 7.44. The van der Waals surface area contributed by atoms with E-state index in [-0.39, 0.29) is 11.9 Å². The first-order valence-electron chi connectivity index (χ1n) is 7.95. The third kappa shape index (κ3) is 4.69. The van der Waals surface area contributed by atoms with Crippen molar-refractivity contribution in [2.24, 2.45) is 5.73 Å². The van der Waals surface area contributed by atoms with Gasteiger partial charge in [0.1, 0.15) is 17.4 Å². The molecule has 0 atom stereocenters. The molecule has 128 valence electrons. The average molecular weight is 366 g/mol. The fourth-order valence-electron chi connectivity index (χ4n) is 2.59. The highest BCUT2D eigenvalue weighted by Crippen LogP contribution is 2.19. The van der Waals surface area contributed by atoms with Crippen molar-refractivity contribution in [3.05, 3.63) is 45.4 Å². The van der Waals surface area contributed by atoms with Crippen LogP contribution in [-0.4, -0.2) is 34.9 Å². The molecular weight excluding hydrogens is 346 g/mol. The van der Waals surface area contributed by atoms with Crippen molar-refractivity contribution >= 4 is 28.8 Å². The largest absolute Gasteiger partial charge is 0.486 e. The van der Waals surface area contributed by atoms with Crippen LogP contribution in [0, 0.1) is 0 Å². The van der Waals surface area contributed by atoms with Gasteiger partial charge in [0, 0.05) is 29.5 Å². The lowest BCUT2D eigenvalue weighted by Gasteiger charge is -2.30. The molecule has 24 heavy (non-hydrogen) atoms. The van der Waals surface area contributed by atoms with Crippen LogP contribution >= 0.6 is 22.9 Å². The number of benzene rings is 1. The van der Waals surface area contributed by atoms with E-state index in [1.807, 2.05) is 22.4 Å². The van der Waals surface area contributed by atoms with Crippen LogP contribution in [0.25, 0.3) is 0 Å². The molecule has 2 N–H and O–H groups in total. The monoisotopic (exact) mass is 365 g/mol. The van der Waals surface area contributed by atoms with Gasteiger partial charge in [-0.15, -0.1) is 11.3 Å². The van der Waals surface area contributed by atoms with Gasteiger partial charge in [0.2, 0.25) is 5.91 Å². The summed E-state index contributed by atoms with van der Waals surface area (Å²) in [5.74, 6) is 0.870. The van der Waals surface area contributed by atoms with E-state index in [9.17, 15) is 4.79 Å². The summed E-state index contributed by atoms with van der Waals surface area (Å²) < 4.78 is 5.67. The molecule has 0 spiro atoms. The molecule has 2 aromatic rings. The van der Waals surface area contributed by atoms with Crippen LogP contribution < -0.4 is 10.5 Å². The van der Waals surface area contributed by atoms with Crippen LogP contribution in [0.15, 0.2) is 29.6 Å². The van der Waals surface area contributed by atoms with Gasteiger partial charge in [-0.05, 0) is 37.1 Å². The molecule has 1 aliphatic rings. The predicted molar refractivity (Wildman–Crippen MR) is 95.4 cm³/mol. The minimum absolute atomic E-state index is 0.123. The summed E-state index contributed by atoms with van der Waals surface area (Å²) in [6.45, 7) is 1.88. The van der Waals surface area contributed by atoms with Crippen LogP contribution in [-0.2, 0) is 17.8 Å². The number of nitrogens with two attached hydrogens (primary N) is 1. The van der Waals surface area contributed by atoms with E-state index in [1.54, 1.807) is 12.1 Å². The Morgan fingerprint density at radius 3 is 2.75 bits per heavy atom. The first kappa shape index (κ1) is 17.2. The Morgan fingerprint density at radius 1 is 1.33 bits per heavy atom. The molecule has 0 aliphatic carbocycles. The Morgan fingerprint density at radius 2 is 2.04 bits per heavy atom. The number of rotatable bonds is 5. The highest BCUT2D eigenvalue weighted by molar-refractivity contribution is 7.09. The summed E-state index contributed by atoms with van der Waals surface area (Å²) in [5, 5.41) is 3.46. The lowest BCUT2D eigenvalue weighted by atomic mass is 10.1. The van der Waals surface area contributed by atoms with E-state index in [0.29, 0.717) is 18.1 Å². The van der Waals surface area contributed by atoms with Gasteiger partial charge in [-0.1, -0.05) is 11.6 Å². The maximum atomic E-state index is 12.3. The molecule has 1 amide bonds. The van der Waals surface area contributed by atoms with Gasteiger partial charge in [0.15, 0.2) is 0 Å². The zero-order chi connectivity index (χ0) is 16.9. The van der Waals surface area contributed by atoms with Crippen molar-refractivity contribution in [2.75, 3.05) is 13.1 Å². The van der Waals surface area contributed by atoms with Crippen molar-refractivity contribution in [2.45, 2.75) is 31.9 Å². The number of ether oxygens (including phenoxy) is 1. The van der Waals surface area contributed by atoms with Gasteiger partial charge in [-0.2, -0.15) is 0 Å². The number of hydrogen-bond donors (Lipinski definition) is 1. The molecule has 0 bridgehead atoms. The number of nitrogens with zero attached hydrogens (tertiary/aromatic N) is 2. The number of amides is 1. The predicted octanol–water partition coefficient (Wildman–Crippen LogP) is 2.87. The molecule has 1 fully saturated rings. The maximum absolute atomic E-state index is 12.3. The van der Waals surface area contributed by atoms with Crippen molar-refractivity contribution in [1.29, 1.82) is 0 Å². The number of aromatic nitrogens is 1. The van der Waals surface area contributed by atoms with Crippen molar-refractivity contribution in [1.82, 2.24) is 9.88 Å². The molecule has 3 rings (SSSR count). The summed E-state index contributed by atoms with van der Waals surface area (Å²) in [5.41, 5.74) is 6.67. The highest BCUT2D eigenvalue weighted by atomic mass is 35.5. The van der Waals surface area contributed by atoms with Gasteiger partial charge in [-0.25, -0.2) is 4.98 Å². The lowest BCUT2D eigenvalue weighted by molar-refractivity contribution is -0.131. The fourth-order valence-corrected chi connectivity index (χ4v) is 3.42. The molecule has 1 aromatic heterocycles. The van der Waals surface area contributed by atoms with Crippen LogP contribution in [0.5, 0.6) is 5.75 Å². The third-order valence-corrected chi connectivity index (χ3v) is 5.12. The Bertz CT molecular complexity index is 681. The van der Waals surface area contributed by atoms with Gasteiger partial charge < -0.3 is 15.4 Å². The Balaban J connectivity index is 1.50. The molecule has 1 aromatic carbocycles. The quantitative estimate of drug-likeness (QED) is 0.884. The number of likely N-dealkylation sites (tertiary alicyclic amines) is 1. The molecule has 5 nitrogen and oxygen atoms in total. The Hall–Kier alpha value is -1.63. The molecule has 1 aliphatic heterocycles. The summed E-state index contributed by atoms with van der Waals surface area (Å²) in [4.78, 5) is 18.7. The van der Waals surface area contributed by atoms with E-state index in [0.717, 1.165) is 42.4 Å². The van der Waals surface area contributed by atoms with Gasteiger partial charge in [0.25, 0.3) is 0 Å². The molecule has 0 saturated carbocycles. The summed E-state index contributed by atoms with van der Waals surface area (Å²) in [7, 11) is 0. The van der Waals surface area contributed by atoms with Gasteiger partial charge >= 0.3 is 0 Å². The molecule has 0 radical (unpaired) electrons. The second-order valence-electron chi connectivity index (χ2n) is 5.87. The lowest BCUT2D eigenvalue weighted by Crippen LogP contribution is -2.43. The fraction of sp³-hybridized carbons (Fsp3) is 0.412. The zero-order valence-electron chi connectivity index (χ0n) is 13.3. The van der Waals surface area contributed by atoms with Crippen molar-refractivity contribution in [3.8, 4) is 5.75 Å². The van der Waals surface area contributed by atoms with Crippen LogP contribution in [0.3, 0.4) is 0 Å². The van der Waals surface area contributed by atoms with E-state index >= 15 is 0 Å². The van der Waals surface area contributed by atoms with Crippen molar-refractivity contribution < 1.29 is 9.53 Å². The number of thiazole rings is 1. The SMILES string of the molecule is NC1CCN(C(=O)Cc2csc(COc3ccc(Cl)cc3)n2)CC1. The number of carbonyl (C=O) groups excluding carboxylic acids is 1. The average Bonchev–Trinajstić information content (AvgIpc) is 3.02. The molecule has 2 heterocycles. The molecule has 0 unspecified atom stereocenters. The molecular formula is C17H20ClN3O2S. The first-order chi connectivity index (χ1) is 11.6. The third-order valence-electron chi connectivity index (χ3n) is 4.00. The minimum Gasteiger partial charge on any atom is -0.486 e. The topological polar surface area (TPSA) is 68.5 Å². The molecule has 1 saturated heterocycles. The van der Waals surface area contributed by atoms with E-state index in [4.69, 9.17) is 22.1 Å². The number of piperidine rings is 1.